The second-order valence-corrected chi connectivity index (χ2v) is 11.5. The molecule has 4 atom stereocenters. The second-order valence-electron chi connectivity index (χ2n) is 10.5. The first-order valence-corrected chi connectivity index (χ1v) is 11.6. The summed E-state index contributed by atoms with van der Waals surface area (Å²) in [5, 5.41) is 9.09. The van der Waals surface area contributed by atoms with Crippen molar-refractivity contribution in [2.75, 3.05) is 11.9 Å². The molecule has 0 spiro atoms. The van der Waals surface area contributed by atoms with Gasteiger partial charge in [0.05, 0.1) is 12.2 Å². The molecule has 2 aliphatic heterocycles. The fraction of sp³-hybridized carbons (Fsp3) is 0.636. The number of nitrogens with one attached hydrogen (secondary N) is 1. The number of carbonyl (C=O) groups is 1. The molecule has 1 amide bonds. The van der Waals surface area contributed by atoms with Crippen molar-refractivity contribution >= 4 is 23.1 Å². The molecule has 2 aromatic rings. The molecular formula is C22H27F3N4OS. The maximum Gasteiger partial charge on any atom is 0.410 e. The molecule has 1 N–H and O–H groups in total. The van der Waals surface area contributed by atoms with Gasteiger partial charge in [0.25, 0.3) is 5.91 Å². The average molecular weight is 453 g/mol. The maximum absolute atomic E-state index is 13.9. The first-order chi connectivity index (χ1) is 14.5. The number of fused-ring (bicyclic) bond motifs is 3. The highest BCUT2D eigenvalue weighted by Gasteiger charge is 2.52. The van der Waals surface area contributed by atoms with Crippen molar-refractivity contribution in [3.8, 4) is 0 Å². The van der Waals surface area contributed by atoms with Crippen LogP contribution in [-0.2, 0) is 0 Å². The molecule has 5 nitrogen and oxygen atoms in total. The van der Waals surface area contributed by atoms with Gasteiger partial charge >= 0.3 is 6.18 Å². The summed E-state index contributed by atoms with van der Waals surface area (Å²) >= 11 is 1.42. The molecule has 31 heavy (non-hydrogen) atoms. The first kappa shape index (κ1) is 20.8. The molecule has 1 saturated heterocycles. The van der Waals surface area contributed by atoms with E-state index in [0.717, 1.165) is 28.8 Å². The van der Waals surface area contributed by atoms with E-state index in [1.165, 1.54) is 17.5 Å². The Bertz CT molecular complexity index is 999. The van der Waals surface area contributed by atoms with E-state index in [-0.39, 0.29) is 40.6 Å². The Kier molecular flexibility index (Phi) is 4.53. The van der Waals surface area contributed by atoms with Gasteiger partial charge in [-0.1, -0.05) is 26.8 Å². The monoisotopic (exact) mass is 452 g/mol. The lowest BCUT2D eigenvalue weighted by atomic mass is 9.65. The summed E-state index contributed by atoms with van der Waals surface area (Å²) in [6.45, 7) is 7.32. The lowest BCUT2D eigenvalue weighted by Gasteiger charge is -2.39. The minimum absolute atomic E-state index is 0.0523. The largest absolute Gasteiger partial charge is 0.410 e. The summed E-state index contributed by atoms with van der Waals surface area (Å²) in [6.07, 6.45) is -0.376. The number of alkyl halides is 3. The standard InChI is InChI=1S/C22H27F3N4OS/c1-20(2)8-13-9-21(3,11-20)12-28(13)19(30)14-10-26-29-17(22(23,24)25)7-15(27-18(14)29)16-5-4-6-31-16/h4-6,10,13,15,17,27H,7-9,11-12H2,1-3H3/t13-,15+,17-,21-/m1/s1. The number of nitrogens with zero attached hydrogens (tertiary/aromatic N) is 3. The van der Waals surface area contributed by atoms with Crippen LogP contribution in [0.15, 0.2) is 23.7 Å². The Labute approximate surface area is 183 Å². The number of halogens is 3. The number of thiophene rings is 1. The van der Waals surface area contributed by atoms with Gasteiger partial charge < -0.3 is 10.2 Å². The number of carbonyl (C=O) groups excluding carboxylic acids is 1. The molecular weight excluding hydrogens is 425 g/mol. The summed E-state index contributed by atoms with van der Waals surface area (Å²) in [5.41, 5.74) is 0.440. The zero-order valence-electron chi connectivity index (χ0n) is 17.9. The quantitative estimate of drug-likeness (QED) is 0.641. The van der Waals surface area contributed by atoms with Crippen LogP contribution in [0.3, 0.4) is 0 Å². The van der Waals surface area contributed by atoms with Crippen LogP contribution in [0.5, 0.6) is 0 Å². The van der Waals surface area contributed by atoms with Gasteiger partial charge in [-0.2, -0.15) is 18.3 Å². The smallest absolute Gasteiger partial charge is 0.362 e. The van der Waals surface area contributed by atoms with Crippen LogP contribution in [0.1, 0.15) is 73.8 Å². The maximum atomic E-state index is 13.9. The fourth-order valence-corrected chi connectivity index (χ4v) is 7.04. The minimum atomic E-state index is -4.44. The van der Waals surface area contributed by atoms with Gasteiger partial charge in [-0.25, -0.2) is 4.68 Å². The van der Waals surface area contributed by atoms with E-state index in [2.05, 4.69) is 31.2 Å². The normalized spacial score (nSPS) is 31.9. The van der Waals surface area contributed by atoms with Gasteiger partial charge in [-0.15, -0.1) is 11.3 Å². The summed E-state index contributed by atoms with van der Waals surface area (Å²) in [4.78, 5) is 16.3. The van der Waals surface area contributed by atoms with E-state index in [4.69, 9.17) is 0 Å². The number of aromatic nitrogens is 2. The van der Waals surface area contributed by atoms with Gasteiger partial charge in [-0.3, -0.25) is 4.79 Å². The third-order valence-electron chi connectivity index (χ3n) is 7.03. The zero-order valence-corrected chi connectivity index (χ0v) is 18.7. The van der Waals surface area contributed by atoms with Crippen LogP contribution >= 0.6 is 11.3 Å². The van der Waals surface area contributed by atoms with Crippen LogP contribution in [0, 0.1) is 10.8 Å². The molecule has 1 aliphatic carbocycles. The van der Waals surface area contributed by atoms with Gasteiger partial charge in [0.2, 0.25) is 0 Å². The van der Waals surface area contributed by atoms with Crippen molar-refractivity contribution in [1.82, 2.24) is 14.7 Å². The first-order valence-electron chi connectivity index (χ1n) is 10.7. The van der Waals surface area contributed by atoms with Crippen LogP contribution in [0.4, 0.5) is 19.0 Å². The predicted octanol–water partition coefficient (Wildman–Crippen LogP) is 5.65. The fourth-order valence-electron chi connectivity index (χ4n) is 6.25. The highest BCUT2D eigenvalue weighted by molar-refractivity contribution is 7.10. The number of likely N-dealkylation sites (tertiary alicyclic amines) is 1. The van der Waals surface area contributed by atoms with E-state index in [9.17, 15) is 18.0 Å². The SMILES string of the molecule is CC1(C)C[C@@H]2C[C@@](C)(CN2C(=O)c2cnn3c2N[C@H](c2cccs2)C[C@@H]3C(F)(F)F)C1. The molecule has 0 radical (unpaired) electrons. The average Bonchev–Trinajstić information content (AvgIpc) is 3.36. The highest BCUT2D eigenvalue weighted by atomic mass is 32.1. The summed E-state index contributed by atoms with van der Waals surface area (Å²) in [7, 11) is 0. The molecule has 1 saturated carbocycles. The molecule has 4 heterocycles. The van der Waals surface area contributed by atoms with Gasteiger partial charge in [0, 0.05) is 23.9 Å². The molecule has 0 unspecified atom stereocenters. The van der Waals surface area contributed by atoms with Crippen molar-refractivity contribution < 1.29 is 18.0 Å². The molecule has 9 heteroatoms. The Balaban J connectivity index is 1.50. The number of anilines is 1. The number of amides is 1. The lowest BCUT2D eigenvalue weighted by Crippen LogP contribution is -2.39. The van der Waals surface area contributed by atoms with E-state index >= 15 is 0 Å². The van der Waals surface area contributed by atoms with Gasteiger partial charge in [-0.05, 0) is 41.5 Å². The van der Waals surface area contributed by atoms with Gasteiger partial charge in [0.15, 0.2) is 6.04 Å². The molecule has 0 aromatic carbocycles. The Hall–Kier alpha value is -2.03. The van der Waals surface area contributed by atoms with Crippen molar-refractivity contribution in [3.63, 3.8) is 0 Å². The Morgan fingerprint density at radius 2 is 2.06 bits per heavy atom. The molecule has 2 bridgehead atoms. The zero-order chi connectivity index (χ0) is 22.2. The van der Waals surface area contributed by atoms with Crippen LogP contribution < -0.4 is 5.32 Å². The Morgan fingerprint density at radius 1 is 1.29 bits per heavy atom. The molecule has 5 rings (SSSR count). The second kappa shape index (κ2) is 6.73. The van der Waals surface area contributed by atoms with Crippen LogP contribution in [0.25, 0.3) is 0 Å². The van der Waals surface area contributed by atoms with Gasteiger partial charge in [0.1, 0.15) is 11.4 Å². The summed E-state index contributed by atoms with van der Waals surface area (Å²) < 4.78 is 42.6. The van der Waals surface area contributed by atoms with E-state index in [1.807, 2.05) is 22.4 Å². The van der Waals surface area contributed by atoms with E-state index in [0.29, 0.717) is 6.54 Å². The van der Waals surface area contributed by atoms with Crippen LogP contribution in [0.2, 0.25) is 0 Å². The van der Waals surface area contributed by atoms with Crippen molar-refractivity contribution in [2.45, 2.75) is 70.8 Å². The molecule has 168 valence electrons. The summed E-state index contributed by atoms with van der Waals surface area (Å²) in [5.74, 6) is -0.0317. The van der Waals surface area contributed by atoms with E-state index in [1.54, 1.807) is 0 Å². The van der Waals surface area contributed by atoms with Crippen molar-refractivity contribution in [2.24, 2.45) is 10.8 Å². The van der Waals surface area contributed by atoms with Crippen LogP contribution in [-0.4, -0.2) is 39.4 Å². The highest BCUT2D eigenvalue weighted by Crippen LogP contribution is 2.53. The number of rotatable bonds is 2. The Morgan fingerprint density at radius 3 is 2.74 bits per heavy atom. The number of hydrogen-bond donors (Lipinski definition) is 1. The molecule has 3 aliphatic rings. The minimum Gasteiger partial charge on any atom is -0.362 e. The summed E-state index contributed by atoms with van der Waals surface area (Å²) in [6, 6.07) is 1.51. The van der Waals surface area contributed by atoms with Crippen molar-refractivity contribution in [1.29, 1.82) is 0 Å². The number of hydrogen-bond acceptors (Lipinski definition) is 4. The molecule has 2 aromatic heterocycles. The topological polar surface area (TPSA) is 50.2 Å². The lowest BCUT2D eigenvalue weighted by molar-refractivity contribution is -0.173. The van der Waals surface area contributed by atoms with Crippen molar-refractivity contribution in [3.05, 3.63) is 34.2 Å². The third kappa shape index (κ3) is 3.54. The molecule has 2 fully saturated rings. The predicted molar refractivity (Wildman–Crippen MR) is 113 cm³/mol. The third-order valence-corrected chi connectivity index (χ3v) is 8.02. The van der Waals surface area contributed by atoms with E-state index < -0.39 is 18.3 Å².